The van der Waals surface area contributed by atoms with Gasteiger partial charge in [0.2, 0.25) is 5.91 Å². The van der Waals surface area contributed by atoms with Crippen LogP contribution in [0.15, 0.2) is 4.99 Å². The fraction of sp³-hybridized carbons (Fsp3) is 0.889. The van der Waals surface area contributed by atoms with Crippen LogP contribution in [0.4, 0.5) is 0 Å². The summed E-state index contributed by atoms with van der Waals surface area (Å²) in [7, 11) is 5.23. The lowest BCUT2D eigenvalue weighted by molar-refractivity contribution is -0.127. The van der Waals surface area contributed by atoms with Crippen LogP contribution in [0, 0.1) is 5.92 Å². The minimum atomic E-state index is 0.0318. The van der Waals surface area contributed by atoms with Crippen LogP contribution in [0.2, 0.25) is 0 Å². The zero-order valence-electron chi connectivity index (χ0n) is 16.0. The van der Waals surface area contributed by atoms with Crippen molar-refractivity contribution in [1.29, 1.82) is 0 Å². The number of aliphatic imine (C=N–C) groups is 1. The van der Waals surface area contributed by atoms with E-state index in [1.54, 1.807) is 26.1 Å². The largest absolute Gasteiger partial charge is 0.382 e. The van der Waals surface area contributed by atoms with Crippen molar-refractivity contribution in [3.8, 4) is 0 Å². The van der Waals surface area contributed by atoms with E-state index in [4.69, 9.17) is 9.47 Å². The molecule has 1 unspecified atom stereocenters. The number of amides is 1. The second-order valence-electron chi connectivity index (χ2n) is 7.22. The molecule has 2 aliphatic rings. The Morgan fingerprint density at radius 2 is 2.00 bits per heavy atom. The van der Waals surface area contributed by atoms with Gasteiger partial charge in [-0.2, -0.15) is 0 Å². The van der Waals surface area contributed by atoms with Crippen molar-refractivity contribution in [2.45, 2.75) is 38.1 Å². The van der Waals surface area contributed by atoms with Crippen LogP contribution in [0.25, 0.3) is 0 Å². The van der Waals surface area contributed by atoms with Gasteiger partial charge in [0, 0.05) is 46.3 Å². The second-order valence-corrected chi connectivity index (χ2v) is 7.22. The Kier molecular flexibility index (Phi) is 8.48. The Morgan fingerprint density at radius 1 is 1.24 bits per heavy atom. The fourth-order valence-electron chi connectivity index (χ4n) is 3.33. The molecule has 1 aliphatic heterocycles. The minimum Gasteiger partial charge on any atom is -0.382 e. The van der Waals surface area contributed by atoms with Gasteiger partial charge in [0.15, 0.2) is 5.96 Å². The molecule has 7 heteroatoms. The number of rotatable bonds is 8. The third-order valence-electron chi connectivity index (χ3n) is 4.92. The van der Waals surface area contributed by atoms with Gasteiger partial charge < -0.3 is 24.6 Å². The molecular weight excluding hydrogens is 320 g/mol. The molecule has 2 fully saturated rings. The smallest absolute Gasteiger partial charge is 0.243 e. The first-order valence-electron chi connectivity index (χ1n) is 9.43. The van der Waals surface area contributed by atoms with Gasteiger partial charge in [-0.25, -0.2) is 4.99 Å². The van der Waals surface area contributed by atoms with Gasteiger partial charge in [-0.1, -0.05) is 12.8 Å². The van der Waals surface area contributed by atoms with Gasteiger partial charge in [0.05, 0.1) is 19.8 Å². The zero-order chi connectivity index (χ0) is 18.1. The van der Waals surface area contributed by atoms with E-state index in [0.29, 0.717) is 25.2 Å². The van der Waals surface area contributed by atoms with Gasteiger partial charge in [-0.3, -0.25) is 4.79 Å². The number of hydrogen-bond donors (Lipinski definition) is 1. The number of guanidine groups is 1. The van der Waals surface area contributed by atoms with Gasteiger partial charge in [0.25, 0.3) is 0 Å². The maximum atomic E-state index is 11.9. The van der Waals surface area contributed by atoms with Crippen LogP contribution >= 0.6 is 0 Å². The summed E-state index contributed by atoms with van der Waals surface area (Å²) < 4.78 is 10.7. The maximum Gasteiger partial charge on any atom is 0.243 e. The Balaban J connectivity index is 1.88. The molecule has 1 aliphatic carbocycles. The van der Waals surface area contributed by atoms with Crippen molar-refractivity contribution in [3.05, 3.63) is 0 Å². The third-order valence-corrected chi connectivity index (χ3v) is 4.92. The lowest BCUT2D eigenvalue weighted by atomic mass is 10.1. The van der Waals surface area contributed by atoms with Crippen LogP contribution in [-0.2, 0) is 14.3 Å². The van der Waals surface area contributed by atoms with E-state index >= 15 is 0 Å². The number of carbonyl (C=O) groups excluding carboxylic acids is 1. The van der Waals surface area contributed by atoms with E-state index in [-0.39, 0.29) is 12.5 Å². The van der Waals surface area contributed by atoms with E-state index < -0.39 is 0 Å². The quantitative estimate of drug-likeness (QED) is 0.399. The summed E-state index contributed by atoms with van der Waals surface area (Å²) in [5, 5.41) is 3.59. The number of likely N-dealkylation sites (N-methyl/N-ethyl adjacent to an activating group) is 1. The lowest BCUT2D eigenvalue weighted by Crippen LogP contribution is -2.45. The van der Waals surface area contributed by atoms with Crippen molar-refractivity contribution >= 4 is 11.9 Å². The number of nitrogens with zero attached hydrogens (tertiary/aromatic N) is 3. The molecular formula is C18H34N4O3. The van der Waals surface area contributed by atoms with E-state index in [0.717, 1.165) is 32.1 Å². The van der Waals surface area contributed by atoms with Crippen molar-refractivity contribution < 1.29 is 14.3 Å². The van der Waals surface area contributed by atoms with Crippen molar-refractivity contribution in [2.24, 2.45) is 10.9 Å². The molecule has 1 N–H and O–H groups in total. The molecule has 0 spiro atoms. The highest BCUT2D eigenvalue weighted by Crippen LogP contribution is 2.20. The summed E-state index contributed by atoms with van der Waals surface area (Å²) in [6.07, 6.45) is 6.03. The fourth-order valence-corrected chi connectivity index (χ4v) is 3.33. The number of likely N-dealkylation sites (tertiary alicyclic amines) is 1. The van der Waals surface area contributed by atoms with Crippen LogP contribution in [0.3, 0.4) is 0 Å². The summed E-state index contributed by atoms with van der Waals surface area (Å²) in [5.74, 6) is 1.43. The molecule has 0 aromatic carbocycles. The molecule has 1 saturated heterocycles. The van der Waals surface area contributed by atoms with E-state index in [2.05, 4.69) is 15.2 Å². The number of ether oxygens (including phenoxy) is 2. The minimum absolute atomic E-state index is 0.0318. The maximum absolute atomic E-state index is 11.9. The van der Waals surface area contributed by atoms with E-state index in [1.165, 1.54) is 25.7 Å². The zero-order valence-corrected chi connectivity index (χ0v) is 16.0. The third kappa shape index (κ3) is 6.82. The SMILES string of the molecule is COCCOCC1CCN(C(=NCC(=O)N(C)C)NC2CCCC2)C1. The number of hydrogen-bond acceptors (Lipinski definition) is 4. The van der Waals surface area contributed by atoms with Gasteiger partial charge in [-0.15, -0.1) is 0 Å². The molecule has 2 rings (SSSR count). The van der Waals surface area contributed by atoms with Crippen molar-refractivity contribution in [3.63, 3.8) is 0 Å². The van der Waals surface area contributed by atoms with Crippen LogP contribution in [0.5, 0.6) is 0 Å². The Bertz CT molecular complexity index is 436. The standard InChI is InChI=1S/C18H34N4O3/c1-21(2)17(23)12-19-18(20-16-6-4-5-7-16)22-9-8-15(13-22)14-25-11-10-24-3/h15-16H,4-14H2,1-3H3,(H,19,20). The summed E-state index contributed by atoms with van der Waals surface area (Å²) in [6, 6.07) is 0.491. The van der Waals surface area contributed by atoms with Crippen LogP contribution < -0.4 is 5.32 Å². The van der Waals surface area contributed by atoms with Gasteiger partial charge in [0.1, 0.15) is 6.54 Å². The van der Waals surface area contributed by atoms with Crippen molar-refractivity contribution in [2.75, 3.05) is 60.7 Å². The predicted octanol–water partition coefficient (Wildman–Crippen LogP) is 0.948. The molecule has 7 nitrogen and oxygen atoms in total. The predicted molar refractivity (Wildman–Crippen MR) is 98.8 cm³/mol. The normalized spacial score (nSPS) is 21.8. The first-order chi connectivity index (χ1) is 12.1. The van der Waals surface area contributed by atoms with Gasteiger partial charge >= 0.3 is 0 Å². The second kappa shape index (κ2) is 10.6. The summed E-state index contributed by atoms with van der Waals surface area (Å²) >= 11 is 0. The highest BCUT2D eigenvalue weighted by Gasteiger charge is 2.27. The van der Waals surface area contributed by atoms with Crippen LogP contribution in [-0.4, -0.2) is 88.4 Å². The average Bonchev–Trinajstić information content (AvgIpc) is 3.26. The summed E-state index contributed by atoms with van der Waals surface area (Å²) in [6.45, 7) is 4.14. The molecule has 1 atom stereocenters. The van der Waals surface area contributed by atoms with E-state index in [1.807, 2.05) is 0 Å². The lowest BCUT2D eigenvalue weighted by Gasteiger charge is -2.25. The molecule has 1 saturated carbocycles. The first kappa shape index (κ1) is 20.0. The first-order valence-corrected chi connectivity index (χ1v) is 9.43. The molecule has 1 amide bonds. The van der Waals surface area contributed by atoms with Crippen LogP contribution in [0.1, 0.15) is 32.1 Å². The van der Waals surface area contributed by atoms with Crippen molar-refractivity contribution in [1.82, 2.24) is 15.1 Å². The topological polar surface area (TPSA) is 66.4 Å². The number of methoxy groups -OCH3 is 1. The van der Waals surface area contributed by atoms with E-state index in [9.17, 15) is 4.79 Å². The molecule has 0 aromatic rings. The highest BCUT2D eigenvalue weighted by atomic mass is 16.5. The molecule has 0 bridgehead atoms. The molecule has 0 aromatic heterocycles. The highest BCUT2D eigenvalue weighted by molar-refractivity contribution is 5.85. The Hall–Kier alpha value is -1.34. The molecule has 0 radical (unpaired) electrons. The summed E-state index contributed by atoms with van der Waals surface area (Å²) in [4.78, 5) is 20.4. The number of nitrogens with one attached hydrogen (secondary N) is 1. The molecule has 25 heavy (non-hydrogen) atoms. The Labute approximate surface area is 151 Å². The monoisotopic (exact) mass is 354 g/mol. The molecule has 1 heterocycles. The average molecular weight is 354 g/mol. The summed E-state index contributed by atoms with van der Waals surface area (Å²) in [5.41, 5.74) is 0. The molecule has 144 valence electrons. The Morgan fingerprint density at radius 3 is 2.68 bits per heavy atom. The van der Waals surface area contributed by atoms with Gasteiger partial charge in [-0.05, 0) is 19.3 Å². The number of carbonyl (C=O) groups is 1.